The predicted octanol–water partition coefficient (Wildman–Crippen LogP) is 0.676. The van der Waals surface area contributed by atoms with Crippen LogP contribution in [0.4, 0.5) is 8.78 Å². The Hall–Kier alpha value is -1.27. The Balaban J connectivity index is 3.31. The van der Waals surface area contributed by atoms with Gasteiger partial charge in [-0.2, -0.15) is 0 Å². The second-order valence-electron chi connectivity index (χ2n) is 2.66. The van der Waals surface area contributed by atoms with Gasteiger partial charge in [0.15, 0.2) is 0 Å². The fourth-order valence-corrected chi connectivity index (χ4v) is 1.12. The average Bonchev–Trinajstić information content (AvgIpc) is 2.16. The first-order valence-corrected chi connectivity index (χ1v) is 3.90. The Bertz CT molecular complexity index is 331. The summed E-state index contributed by atoms with van der Waals surface area (Å²) in [5, 5.41) is 18.0. The molecule has 78 valence electrons. The van der Waals surface area contributed by atoms with Crippen molar-refractivity contribution in [2.24, 2.45) is 5.73 Å². The number of alkyl halides is 2. The van der Waals surface area contributed by atoms with Crippen LogP contribution < -0.4 is 5.73 Å². The van der Waals surface area contributed by atoms with Crippen LogP contribution in [0.2, 0.25) is 0 Å². The maximum atomic E-state index is 12.5. The minimum Gasteiger partial charge on any atom is -0.505 e. The standard InChI is InChI=1S/C8H10F2N2O2/c9-8(10)6-4(1-11)2-12-5(3-13)7(6)14/h2,8,13-14H,1,3,11H2. The number of nitrogens with two attached hydrogens (primary N) is 1. The first kappa shape index (κ1) is 10.8. The Labute approximate surface area is 79.0 Å². The van der Waals surface area contributed by atoms with Crippen molar-refractivity contribution in [2.75, 3.05) is 0 Å². The third kappa shape index (κ3) is 1.80. The molecule has 0 aliphatic carbocycles. The Morgan fingerprint density at radius 3 is 2.57 bits per heavy atom. The largest absolute Gasteiger partial charge is 0.505 e. The van der Waals surface area contributed by atoms with E-state index in [2.05, 4.69) is 4.98 Å². The molecule has 0 radical (unpaired) electrons. The van der Waals surface area contributed by atoms with Crippen molar-refractivity contribution < 1.29 is 19.0 Å². The molecule has 0 spiro atoms. The molecule has 1 rings (SSSR count). The number of pyridine rings is 1. The molecule has 1 aromatic rings. The molecule has 0 atom stereocenters. The van der Waals surface area contributed by atoms with Crippen molar-refractivity contribution in [1.82, 2.24) is 4.98 Å². The van der Waals surface area contributed by atoms with Crippen molar-refractivity contribution in [1.29, 1.82) is 0 Å². The lowest BCUT2D eigenvalue weighted by Crippen LogP contribution is -2.05. The zero-order valence-corrected chi connectivity index (χ0v) is 7.24. The highest BCUT2D eigenvalue weighted by Gasteiger charge is 2.20. The number of aliphatic hydroxyl groups is 1. The number of rotatable bonds is 3. The maximum absolute atomic E-state index is 12.5. The highest BCUT2D eigenvalue weighted by Crippen LogP contribution is 2.32. The van der Waals surface area contributed by atoms with E-state index in [0.29, 0.717) is 0 Å². The summed E-state index contributed by atoms with van der Waals surface area (Å²) in [6.45, 7) is -0.720. The maximum Gasteiger partial charge on any atom is 0.267 e. The highest BCUT2D eigenvalue weighted by molar-refractivity contribution is 5.41. The van der Waals surface area contributed by atoms with Gasteiger partial charge in [-0.05, 0) is 5.56 Å². The lowest BCUT2D eigenvalue weighted by atomic mass is 10.1. The van der Waals surface area contributed by atoms with Crippen LogP contribution >= 0.6 is 0 Å². The summed E-state index contributed by atoms with van der Waals surface area (Å²) in [6, 6.07) is 0. The van der Waals surface area contributed by atoms with E-state index in [-0.39, 0.29) is 17.8 Å². The molecule has 0 unspecified atom stereocenters. The van der Waals surface area contributed by atoms with E-state index in [1.807, 2.05) is 0 Å². The SMILES string of the molecule is NCc1cnc(CO)c(O)c1C(F)F. The van der Waals surface area contributed by atoms with Crippen molar-refractivity contribution >= 4 is 0 Å². The van der Waals surface area contributed by atoms with Crippen molar-refractivity contribution in [3.05, 3.63) is 23.0 Å². The van der Waals surface area contributed by atoms with Crippen LogP contribution in [0.15, 0.2) is 6.20 Å². The minimum atomic E-state index is -2.83. The van der Waals surface area contributed by atoms with E-state index >= 15 is 0 Å². The fraction of sp³-hybridized carbons (Fsp3) is 0.375. The van der Waals surface area contributed by atoms with Crippen LogP contribution in [0.3, 0.4) is 0 Å². The van der Waals surface area contributed by atoms with Crippen molar-refractivity contribution in [3.63, 3.8) is 0 Å². The van der Waals surface area contributed by atoms with E-state index < -0.39 is 24.3 Å². The Morgan fingerprint density at radius 1 is 1.50 bits per heavy atom. The summed E-state index contributed by atoms with van der Waals surface area (Å²) in [4.78, 5) is 3.60. The lowest BCUT2D eigenvalue weighted by molar-refractivity contribution is 0.145. The highest BCUT2D eigenvalue weighted by atomic mass is 19.3. The van der Waals surface area contributed by atoms with Gasteiger partial charge < -0.3 is 15.9 Å². The average molecular weight is 204 g/mol. The summed E-state index contributed by atoms with van der Waals surface area (Å²) in [5.74, 6) is -0.676. The third-order valence-corrected chi connectivity index (χ3v) is 1.84. The van der Waals surface area contributed by atoms with Crippen LogP contribution in [-0.2, 0) is 13.2 Å². The number of halogens is 2. The Morgan fingerprint density at radius 2 is 2.14 bits per heavy atom. The molecular formula is C8H10F2N2O2. The van der Waals surface area contributed by atoms with Crippen LogP contribution in [0.1, 0.15) is 23.2 Å². The normalized spacial score (nSPS) is 10.9. The summed E-state index contributed by atoms with van der Waals surface area (Å²) in [5.41, 5.74) is 4.56. The molecule has 0 aliphatic heterocycles. The molecule has 14 heavy (non-hydrogen) atoms. The second-order valence-corrected chi connectivity index (χ2v) is 2.66. The van der Waals surface area contributed by atoms with Gasteiger partial charge in [0.05, 0.1) is 12.2 Å². The van der Waals surface area contributed by atoms with Crippen molar-refractivity contribution in [3.8, 4) is 5.75 Å². The van der Waals surface area contributed by atoms with E-state index in [1.54, 1.807) is 0 Å². The van der Waals surface area contributed by atoms with Gasteiger partial charge in [0.1, 0.15) is 11.4 Å². The van der Waals surface area contributed by atoms with E-state index in [4.69, 9.17) is 10.8 Å². The summed E-state index contributed by atoms with van der Waals surface area (Å²) < 4.78 is 24.9. The van der Waals surface area contributed by atoms with Gasteiger partial charge in [0.25, 0.3) is 6.43 Å². The van der Waals surface area contributed by atoms with Crippen LogP contribution in [0.5, 0.6) is 5.75 Å². The molecule has 0 fully saturated rings. The molecule has 1 aromatic heterocycles. The number of hydrogen-bond acceptors (Lipinski definition) is 4. The van der Waals surface area contributed by atoms with Gasteiger partial charge in [-0.25, -0.2) is 8.78 Å². The van der Waals surface area contributed by atoms with Gasteiger partial charge in [-0.1, -0.05) is 0 Å². The summed E-state index contributed by atoms with van der Waals surface area (Å²) >= 11 is 0. The molecule has 0 saturated heterocycles. The first-order valence-electron chi connectivity index (χ1n) is 3.90. The van der Waals surface area contributed by atoms with Crippen LogP contribution in [-0.4, -0.2) is 15.2 Å². The fourth-order valence-electron chi connectivity index (χ4n) is 1.12. The van der Waals surface area contributed by atoms with Gasteiger partial charge in [-0.3, -0.25) is 4.98 Å². The summed E-state index contributed by atoms with van der Waals surface area (Å²) in [7, 11) is 0. The Kier molecular flexibility index (Phi) is 3.32. The topological polar surface area (TPSA) is 79.4 Å². The summed E-state index contributed by atoms with van der Waals surface area (Å²) in [6.07, 6.45) is -1.70. The second kappa shape index (κ2) is 4.30. The number of nitrogens with zero attached hydrogens (tertiary/aromatic N) is 1. The lowest BCUT2D eigenvalue weighted by Gasteiger charge is -2.10. The molecule has 4 nitrogen and oxygen atoms in total. The van der Waals surface area contributed by atoms with E-state index in [1.165, 1.54) is 0 Å². The van der Waals surface area contributed by atoms with Gasteiger partial charge >= 0.3 is 0 Å². The van der Waals surface area contributed by atoms with E-state index in [0.717, 1.165) is 6.20 Å². The van der Waals surface area contributed by atoms with Gasteiger partial charge in [-0.15, -0.1) is 0 Å². The number of hydrogen-bond donors (Lipinski definition) is 3. The molecule has 1 heterocycles. The third-order valence-electron chi connectivity index (χ3n) is 1.84. The number of aromatic hydroxyl groups is 1. The number of aromatic nitrogens is 1. The van der Waals surface area contributed by atoms with Gasteiger partial charge in [0.2, 0.25) is 0 Å². The van der Waals surface area contributed by atoms with Crippen molar-refractivity contribution in [2.45, 2.75) is 19.6 Å². The molecule has 0 bridgehead atoms. The molecule has 4 N–H and O–H groups in total. The molecule has 0 amide bonds. The first-order chi connectivity index (χ1) is 6.61. The zero-order valence-electron chi connectivity index (χ0n) is 7.24. The zero-order chi connectivity index (χ0) is 10.7. The smallest absolute Gasteiger partial charge is 0.267 e. The number of aliphatic hydroxyl groups excluding tert-OH is 1. The molecule has 6 heteroatoms. The predicted molar refractivity (Wildman–Crippen MR) is 44.7 cm³/mol. The van der Waals surface area contributed by atoms with E-state index in [9.17, 15) is 13.9 Å². The van der Waals surface area contributed by atoms with Crippen LogP contribution in [0, 0.1) is 0 Å². The molecule has 0 aromatic carbocycles. The molecule has 0 aliphatic rings. The quantitative estimate of drug-likeness (QED) is 0.676. The minimum absolute atomic E-state index is 0.0784. The van der Waals surface area contributed by atoms with Gasteiger partial charge in [0, 0.05) is 12.7 Å². The molecular weight excluding hydrogens is 194 g/mol. The monoisotopic (exact) mass is 204 g/mol. The van der Waals surface area contributed by atoms with Crippen LogP contribution in [0.25, 0.3) is 0 Å². The molecule has 0 saturated carbocycles.